The van der Waals surface area contributed by atoms with Gasteiger partial charge in [0, 0.05) is 24.3 Å². The summed E-state index contributed by atoms with van der Waals surface area (Å²) in [6, 6.07) is 3.72. The van der Waals surface area contributed by atoms with Crippen LogP contribution in [-0.4, -0.2) is 9.38 Å². The molecule has 0 aliphatic carbocycles. The van der Waals surface area contributed by atoms with Crippen molar-refractivity contribution in [3.8, 4) is 0 Å². The number of pyridine rings is 1. The third kappa shape index (κ3) is 1.35. The quantitative estimate of drug-likeness (QED) is 0.721. The molecule has 0 aliphatic heterocycles. The first kappa shape index (κ1) is 8.07. The van der Waals surface area contributed by atoms with E-state index in [9.17, 15) is 0 Å². The lowest BCUT2D eigenvalue weighted by Crippen LogP contribution is -1.88. The van der Waals surface area contributed by atoms with E-state index in [1.807, 2.05) is 28.9 Å². The summed E-state index contributed by atoms with van der Waals surface area (Å²) in [5, 5.41) is 0. The van der Waals surface area contributed by atoms with E-state index in [1.54, 1.807) is 6.20 Å². The smallest absolute Gasteiger partial charge is 0.136 e. The number of halogens is 1. The number of aromatic nitrogens is 2. The van der Waals surface area contributed by atoms with E-state index in [-0.39, 0.29) is 17.0 Å². The summed E-state index contributed by atoms with van der Waals surface area (Å²) in [7, 11) is 0. The molecule has 0 fully saturated rings. The fourth-order valence-electron chi connectivity index (χ4n) is 0.937. The summed E-state index contributed by atoms with van der Waals surface area (Å²) >= 11 is 0. The van der Waals surface area contributed by atoms with Crippen LogP contribution in [0.1, 0.15) is 0 Å². The summed E-state index contributed by atoms with van der Waals surface area (Å²) in [4.78, 5) is 4.07. The molecule has 0 unspecified atom stereocenters. The Hall–Kier alpha value is -1.03. The topological polar surface area (TPSA) is 43.3 Å². The van der Waals surface area contributed by atoms with Crippen molar-refractivity contribution in [2.24, 2.45) is 0 Å². The number of imidazole rings is 1. The summed E-state index contributed by atoms with van der Waals surface area (Å²) < 4.78 is 1.88. The molecule has 2 aromatic heterocycles. The Kier molecular flexibility index (Phi) is 2.14. The van der Waals surface area contributed by atoms with E-state index in [2.05, 4.69) is 4.98 Å². The second-order valence-corrected chi connectivity index (χ2v) is 2.16. The van der Waals surface area contributed by atoms with Gasteiger partial charge in [0.05, 0.1) is 0 Å². The maximum atomic E-state index is 5.53. The number of hydrogen-bond donors (Lipinski definition) is 1. The highest BCUT2D eigenvalue weighted by Gasteiger charge is 1.90. The van der Waals surface area contributed by atoms with Gasteiger partial charge in [-0.3, -0.25) is 0 Å². The average Bonchev–Trinajstić information content (AvgIpc) is 2.33. The van der Waals surface area contributed by atoms with Crippen LogP contribution in [0, 0.1) is 0 Å². The molecule has 0 saturated carbocycles. The molecular formula is C7H8BrN3. The highest BCUT2D eigenvalue weighted by Crippen LogP contribution is 2.04. The van der Waals surface area contributed by atoms with Crippen molar-refractivity contribution in [3.63, 3.8) is 0 Å². The van der Waals surface area contributed by atoms with Crippen LogP contribution in [-0.2, 0) is 0 Å². The zero-order valence-electron chi connectivity index (χ0n) is 5.77. The lowest BCUT2D eigenvalue weighted by Gasteiger charge is -1.93. The second-order valence-electron chi connectivity index (χ2n) is 2.16. The predicted molar refractivity (Wildman–Crippen MR) is 49.9 cm³/mol. The third-order valence-corrected chi connectivity index (χ3v) is 1.41. The summed E-state index contributed by atoms with van der Waals surface area (Å²) in [5.41, 5.74) is 7.21. The van der Waals surface area contributed by atoms with Crippen LogP contribution in [0.2, 0.25) is 0 Å². The molecule has 58 valence electrons. The van der Waals surface area contributed by atoms with Gasteiger partial charge < -0.3 is 10.1 Å². The van der Waals surface area contributed by atoms with E-state index in [4.69, 9.17) is 5.73 Å². The van der Waals surface area contributed by atoms with Gasteiger partial charge >= 0.3 is 0 Å². The number of fused-ring (bicyclic) bond motifs is 1. The van der Waals surface area contributed by atoms with Crippen LogP contribution in [0.5, 0.6) is 0 Å². The van der Waals surface area contributed by atoms with Gasteiger partial charge in [0.2, 0.25) is 0 Å². The number of nitrogens with zero attached hydrogens (tertiary/aromatic N) is 2. The van der Waals surface area contributed by atoms with Crippen LogP contribution in [0.15, 0.2) is 30.7 Å². The Balaban J connectivity index is 0.000000605. The van der Waals surface area contributed by atoms with Crippen molar-refractivity contribution in [2.75, 3.05) is 5.73 Å². The Morgan fingerprint density at radius 1 is 1.36 bits per heavy atom. The molecule has 0 atom stereocenters. The Morgan fingerprint density at radius 3 is 3.00 bits per heavy atom. The number of nitrogens with two attached hydrogens (primary N) is 1. The SMILES string of the molecule is Br.Nc1ccc2nccn2c1. The summed E-state index contributed by atoms with van der Waals surface area (Å²) in [5.74, 6) is 0. The van der Waals surface area contributed by atoms with Crippen molar-refractivity contribution >= 4 is 28.3 Å². The monoisotopic (exact) mass is 213 g/mol. The summed E-state index contributed by atoms with van der Waals surface area (Å²) in [6.45, 7) is 0. The Labute approximate surface area is 74.6 Å². The normalized spacial score (nSPS) is 9.45. The first-order valence-corrected chi connectivity index (χ1v) is 3.04. The maximum absolute atomic E-state index is 5.53. The van der Waals surface area contributed by atoms with Gasteiger partial charge in [-0.1, -0.05) is 0 Å². The molecule has 4 heteroatoms. The van der Waals surface area contributed by atoms with E-state index < -0.39 is 0 Å². The Morgan fingerprint density at radius 2 is 2.18 bits per heavy atom. The first-order chi connectivity index (χ1) is 4.86. The van der Waals surface area contributed by atoms with E-state index in [0.29, 0.717) is 0 Å². The van der Waals surface area contributed by atoms with E-state index in [1.165, 1.54) is 0 Å². The number of hydrogen-bond acceptors (Lipinski definition) is 2. The minimum absolute atomic E-state index is 0. The second kappa shape index (κ2) is 2.92. The lowest BCUT2D eigenvalue weighted by molar-refractivity contribution is 1.19. The molecule has 0 amide bonds. The van der Waals surface area contributed by atoms with Crippen molar-refractivity contribution in [2.45, 2.75) is 0 Å². The minimum Gasteiger partial charge on any atom is -0.398 e. The van der Waals surface area contributed by atoms with Gasteiger partial charge in [0.15, 0.2) is 0 Å². The molecule has 0 aromatic carbocycles. The third-order valence-electron chi connectivity index (χ3n) is 1.41. The average molecular weight is 214 g/mol. The zero-order valence-corrected chi connectivity index (χ0v) is 7.48. The molecule has 0 aliphatic rings. The Bertz CT molecular complexity index is 355. The summed E-state index contributed by atoms with van der Waals surface area (Å²) in [6.07, 6.45) is 5.45. The van der Waals surface area contributed by atoms with Crippen molar-refractivity contribution in [3.05, 3.63) is 30.7 Å². The van der Waals surface area contributed by atoms with Crippen LogP contribution in [0.4, 0.5) is 5.69 Å². The molecule has 2 heterocycles. The minimum atomic E-state index is 0. The highest BCUT2D eigenvalue weighted by molar-refractivity contribution is 8.93. The molecule has 2 N–H and O–H groups in total. The molecule has 11 heavy (non-hydrogen) atoms. The predicted octanol–water partition coefficient (Wildman–Crippen LogP) is 1.49. The lowest BCUT2D eigenvalue weighted by atomic mass is 10.4. The van der Waals surface area contributed by atoms with Gasteiger partial charge in [0.1, 0.15) is 5.65 Å². The zero-order chi connectivity index (χ0) is 6.97. The fraction of sp³-hybridized carbons (Fsp3) is 0. The first-order valence-electron chi connectivity index (χ1n) is 3.04. The van der Waals surface area contributed by atoms with Crippen molar-refractivity contribution in [1.82, 2.24) is 9.38 Å². The van der Waals surface area contributed by atoms with E-state index in [0.717, 1.165) is 11.3 Å². The van der Waals surface area contributed by atoms with Gasteiger partial charge in [-0.25, -0.2) is 4.98 Å². The van der Waals surface area contributed by atoms with Gasteiger partial charge in [-0.15, -0.1) is 17.0 Å². The maximum Gasteiger partial charge on any atom is 0.136 e. The van der Waals surface area contributed by atoms with Crippen molar-refractivity contribution < 1.29 is 0 Å². The van der Waals surface area contributed by atoms with Gasteiger partial charge in [-0.05, 0) is 12.1 Å². The van der Waals surface area contributed by atoms with E-state index >= 15 is 0 Å². The number of rotatable bonds is 0. The molecule has 0 saturated heterocycles. The molecule has 3 nitrogen and oxygen atoms in total. The molecular weight excluding hydrogens is 206 g/mol. The number of anilines is 1. The van der Waals surface area contributed by atoms with Crippen LogP contribution in [0.3, 0.4) is 0 Å². The van der Waals surface area contributed by atoms with Gasteiger partial charge in [-0.2, -0.15) is 0 Å². The van der Waals surface area contributed by atoms with Crippen LogP contribution >= 0.6 is 17.0 Å². The highest BCUT2D eigenvalue weighted by atomic mass is 79.9. The standard InChI is InChI=1S/C7H7N3.BrH/c8-6-1-2-7-9-3-4-10(7)5-6;/h1-5H,8H2;1H. The van der Waals surface area contributed by atoms with Gasteiger partial charge in [0.25, 0.3) is 0 Å². The molecule has 0 spiro atoms. The van der Waals surface area contributed by atoms with Crippen molar-refractivity contribution in [1.29, 1.82) is 0 Å². The van der Waals surface area contributed by atoms with Crippen LogP contribution < -0.4 is 5.73 Å². The fourth-order valence-corrected chi connectivity index (χ4v) is 0.937. The largest absolute Gasteiger partial charge is 0.398 e. The molecule has 0 bridgehead atoms. The van der Waals surface area contributed by atoms with Crippen LogP contribution in [0.25, 0.3) is 5.65 Å². The molecule has 2 aromatic rings. The molecule has 0 radical (unpaired) electrons. The molecule has 2 rings (SSSR count). The number of nitrogen functional groups attached to an aromatic ring is 1.